The van der Waals surface area contributed by atoms with Gasteiger partial charge in [-0.15, -0.1) is 0 Å². The fourth-order valence-corrected chi connectivity index (χ4v) is 4.20. The van der Waals surface area contributed by atoms with Crippen molar-refractivity contribution in [3.05, 3.63) is 29.3 Å². The van der Waals surface area contributed by atoms with Crippen LogP contribution < -0.4 is 10.5 Å². The van der Waals surface area contributed by atoms with Gasteiger partial charge in [-0.1, -0.05) is 19.4 Å². The van der Waals surface area contributed by atoms with Crippen LogP contribution in [0.2, 0.25) is 0 Å². The van der Waals surface area contributed by atoms with Gasteiger partial charge in [0.05, 0.1) is 7.11 Å². The van der Waals surface area contributed by atoms with Crippen LogP contribution in [0.1, 0.15) is 56.2 Å². The van der Waals surface area contributed by atoms with E-state index in [-0.39, 0.29) is 6.04 Å². The van der Waals surface area contributed by atoms with Crippen molar-refractivity contribution in [3.8, 4) is 5.75 Å². The second kappa shape index (κ2) is 6.37. The van der Waals surface area contributed by atoms with Gasteiger partial charge in [-0.05, 0) is 61.9 Å². The molecule has 0 bridgehead atoms. The minimum Gasteiger partial charge on any atom is -0.497 e. The number of rotatable bonds is 3. The molecule has 2 aliphatic rings. The molecular formula is C18H28N2O. The number of hydrogen-bond donors (Lipinski definition) is 1. The standard InChI is InChI=1S/C18H28N2O/c1-3-14-6-4-5-11-20(14)17-10-8-13-7-9-15(21-2)12-16(13)18(17)19/h7,9,12,14,17-18H,3-6,8,10-11,19H2,1-2H3. The van der Waals surface area contributed by atoms with E-state index in [0.29, 0.717) is 6.04 Å². The van der Waals surface area contributed by atoms with Crippen LogP contribution in [0.4, 0.5) is 0 Å². The van der Waals surface area contributed by atoms with Gasteiger partial charge in [0.1, 0.15) is 5.75 Å². The lowest BCUT2D eigenvalue weighted by Crippen LogP contribution is -2.51. The zero-order valence-electron chi connectivity index (χ0n) is 13.3. The first-order valence-corrected chi connectivity index (χ1v) is 8.42. The molecule has 1 aromatic rings. The SMILES string of the molecule is CCC1CCCCN1C1CCc2ccc(OC)cc2C1N. The first kappa shape index (κ1) is 14.9. The molecule has 1 saturated heterocycles. The summed E-state index contributed by atoms with van der Waals surface area (Å²) in [7, 11) is 1.73. The molecule has 116 valence electrons. The molecule has 3 rings (SSSR count). The number of likely N-dealkylation sites (tertiary alicyclic amines) is 1. The Morgan fingerprint density at radius 3 is 2.90 bits per heavy atom. The molecule has 21 heavy (non-hydrogen) atoms. The molecule has 0 spiro atoms. The van der Waals surface area contributed by atoms with Crippen molar-refractivity contribution in [2.24, 2.45) is 5.73 Å². The van der Waals surface area contributed by atoms with Crippen molar-refractivity contribution in [2.75, 3.05) is 13.7 Å². The molecule has 1 aromatic carbocycles. The number of aryl methyl sites for hydroxylation is 1. The van der Waals surface area contributed by atoms with Crippen LogP contribution in [0.3, 0.4) is 0 Å². The maximum atomic E-state index is 6.66. The minimum absolute atomic E-state index is 0.121. The van der Waals surface area contributed by atoms with E-state index >= 15 is 0 Å². The monoisotopic (exact) mass is 288 g/mol. The molecule has 3 nitrogen and oxygen atoms in total. The van der Waals surface area contributed by atoms with Crippen LogP contribution >= 0.6 is 0 Å². The molecular weight excluding hydrogens is 260 g/mol. The predicted octanol–water partition coefficient (Wildman–Crippen LogP) is 3.27. The second-order valence-corrected chi connectivity index (χ2v) is 6.49. The van der Waals surface area contributed by atoms with Gasteiger partial charge in [0.15, 0.2) is 0 Å². The first-order chi connectivity index (χ1) is 10.2. The van der Waals surface area contributed by atoms with Crippen LogP contribution in [-0.2, 0) is 6.42 Å². The van der Waals surface area contributed by atoms with Crippen molar-refractivity contribution < 1.29 is 4.74 Å². The van der Waals surface area contributed by atoms with E-state index in [0.717, 1.165) is 18.2 Å². The van der Waals surface area contributed by atoms with E-state index in [2.05, 4.69) is 30.0 Å². The lowest BCUT2D eigenvalue weighted by Gasteiger charge is -2.45. The third kappa shape index (κ3) is 2.82. The number of ether oxygens (including phenoxy) is 1. The molecule has 2 N–H and O–H groups in total. The lowest BCUT2D eigenvalue weighted by molar-refractivity contribution is 0.0683. The molecule has 0 radical (unpaired) electrons. The molecule has 3 atom stereocenters. The van der Waals surface area contributed by atoms with Crippen LogP contribution in [-0.4, -0.2) is 30.6 Å². The molecule has 0 amide bonds. The van der Waals surface area contributed by atoms with Gasteiger partial charge in [-0.2, -0.15) is 0 Å². The fraction of sp³-hybridized carbons (Fsp3) is 0.667. The highest BCUT2D eigenvalue weighted by atomic mass is 16.5. The summed E-state index contributed by atoms with van der Waals surface area (Å²) in [5.41, 5.74) is 9.37. The number of hydrogen-bond acceptors (Lipinski definition) is 3. The Kier molecular flexibility index (Phi) is 4.51. The van der Waals surface area contributed by atoms with E-state index in [1.165, 1.54) is 49.8 Å². The normalized spacial score (nSPS) is 30.0. The van der Waals surface area contributed by atoms with Crippen molar-refractivity contribution >= 4 is 0 Å². The summed E-state index contributed by atoms with van der Waals surface area (Å²) in [4.78, 5) is 2.70. The van der Waals surface area contributed by atoms with Gasteiger partial charge in [-0.3, -0.25) is 4.90 Å². The maximum absolute atomic E-state index is 6.66. The molecule has 0 saturated carbocycles. The van der Waals surface area contributed by atoms with Gasteiger partial charge in [-0.25, -0.2) is 0 Å². The van der Waals surface area contributed by atoms with Crippen molar-refractivity contribution in [2.45, 2.75) is 63.6 Å². The minimum atomic E-state index is 0.121. The van der Waals surface area contributed by atoms with Gasteiger partial charge in [0.25, 0.3) is 0 Å². The van der Waals surface area contributed by atoms with Crippen LogP contribution in [0, 0.1) is 0 Å². The summed E-state index contributed by atoms with van der Waals surface area (Å²) < 4.78 is 5.38. The van der Waals surface area contributed by atoms with E-state index in [4.69, 9.17) is 10.5 Å². The summed E-state index contributed by atoms with van der Waals surface area (Å²) in [6.07, 6.45) is 7.62. The van der Waals surface area contributed by atoms with Crippen LogP contribution in [0.5, 0.6) is 5.75 Å². The number of methoxy groups -OCH3 is 1. The molecule has 1 aliphatic heterocycles. The second-order valence-electron chi connectivity index (χ2n) is 6.49. The molecule has 1 aliphatic carbocycles. The summed E-state index contributed by atoms with van der Waals surface area (Å²) in [5, 5.41) is 0. The van der Waals surface area contributed by atoms with Crippen molar-refractivity contribution in [1.82, 2.24) is 4.90 Å². The molecule has 1 fully saturated rings. The Bertz CT molecular complexity index is 488. The third-order valence-electron chi connectivity index (χ3n) is 5.41. The average Bonchev–Trinajstić information content (AvgIpc) is 2.55. The van der Waals surface area contributed by atoms with E-state index < -0.39 is 0 Å². The van der Waals surface area contributed by atoms with Crippen LogP contribution in [0.15, 0.2) is 18.2 Å². The highest BCUT2D eigenvalue weighted by Gasteiger charge is 2.35. The number of nitrogens with zero attached hydrogens (tertiary/aromatic N) is 1. The quantitative estimate of drug-likeness (QED) is 0.927. The third-order valence-corrected chi connectivity index (χ3v) is 5.41. The van der Waals surface area contributed by atoms with Gasteiger partial charge in [0, 0.05) is 18.1 Å². The average molecular weight is 288 g/mol. The van der Waals surface area contributed by atoms with Gasteiger partial charge >= 0.3 is 0 Å². The molecule has 1 heterocycles. The van der Waals surface area contributed by atoms with E-state index in [1.54, 1.807) is 7.11 Å². The Morgan fingerprint density at radius 1 is 1.29 bits per heavy atom. The summed E-state index contributed by atoms with van der Waals surface area (Å²) in [6.45, 7) is 3.53. The lowest BCUT2D eigenvalue weighted by atomic mass is 9.82. The molecule has 3 unspecified atom stereocenters. The van der Waals surface area contributed by atoms with Crippen molar-refractivity contribution in [3.63, 3.8) is 0 Å². The number of fused-ring (bicyclic) bond motifs is 1. The Morgan fingerprint density at radius 2 is 2.14 bits per heavy atom. The number of nitrogens with two attached hydrogens (primary N) is 1. The van der Waals surface area contributed by atoms with Gasteiger partial charge in [0.2, 0.25) is 0 Å². The Balaban J connectivity index is 1.85. The largest absolute Gasteiger partial charge is 0.497 e. The maximum Gasteiger partial charge on any atom is 0.119 e. The highest BCUT2D eigenvalue weighted by molar-refractivity contribution is 5.40. The topological polar surface area (TPSA) is 38.5 Å². The zero-order chi connectivity index (χ0) is 14.8. The molecule has 3 heteroatoms. The summed E-state index contributed by atoms with van der Waals surface area (Å²) >= 11 is 0. The fourth-order valence-electron chi connectivity index (χ4n) is 4.20. The smallest absolute Gasteiger partial charge is 0.119 e. The van der Waals surface area contributed by atoms with Gasteiger partial charge < -0.3 is 10.5 Å². The Labute approximate surface area is 128 Å². The number of piperidine rings is 1. The Hall–Kier alpha value is -1.06. The summed E-state index contributed by atoms with van der Waals surface area (Å²) in [6, 6.07) is 7.74. The van der Waals surface area contributed by atoms with Crippen LogP contribution in [0.25, 0.3) is 0 Å². The molecule has 0 aromatic heterocycles. The first-order valence-electron chi connectivity index (χ1n) is 8.42. The summed E-state index contributed by atoms with van der Waals surface area (Å²) in [5.74, 6) is 0.926. The van der Waals surface area contributed by atoms with Crippen molar-refractivity contribution in [1.29, 1.82) is 0 Å². The van der Waals surface area contributed by atoms with E-state index in [9.17, 15) is 0 Å². The van der Waals surface area contributed by atoms with E-state index in [1.807, 2.05) is 0 Å². The number of benzene rings is 1. The highest BCUT2D eigenvalue weighted by Crippen LogP contribution is 2.36. The predicted molar refractivity (Wildman–Crippen MR) is 86.7 cm³/mol. The zero-order valence-corrected chi connectivity index (χ0v) is 13.3.